The van der Waals surface area contributed by atoms with Crippen LogP contribution in [0.4, 0.5) is 0 Å². The van der Waals surface area contributed by atoms with Gasteiger partial charge in [-0.25, -0.2) is 0 Å². The van der Waals surface area contributed by atoms with Crippen molar-refractivity contribution in [3.05, 3.63) is 102 Å². The van der Waals surface area contributed by atoms with E-state index in [1.54, 1.807) is 0 Å². The normalized spacial score (nSPS) is 17.2. The molecule has 3 aromatic rings. The Bertz CT molecular complexity index is 1170. The van der Waals surface area contributed by atoms with Gasteiger partial charge in [-0.3, -0.25) is 9.69 Å². The number of amides is 1. The first-order valence-electron chi connectivity index (χ1n) is 15.4. The van der Waals surface area contributed by atoms with Crippen LogP contribution in [0.2, 0.25) is 0 Å². The van der Waals surface area contributed by atoms with Crippen LogP contribution < -0.4 is 10.1 Å². The van der Waals surface area contributed by atoms with E-state index in [0.717, 1.165) is 51.2 Å². The van der Waals surface area contributed by atoms with Crippen molar-refractivity contribution in [2.24, 2.45) is 5.41 Å². The first-order valence-corrected chi connectivity index (χ1v) is 15.4. The predicted octanol–water partition coefficient (Wildman–Crippen LogP) is 6.89. The van der Waals surface area contributed by atoms with Gasteiger partial charge >= 0.3 is 0 Å². The lowest BCUT2D eigenvalue weighted by Crippen LogP contribution is -2.48. The molecule has 1 N–H and O–H groups in total. The fraction of sp³-hybridized carbons (Fsp3) is 0.472. The quantitative estimate of drug-likeness (QED) is 0.262. The summed E-state index contributed by atoms with van der Waals surface area (Å²) in [6, 6.07) is 29.8. The molecule has 0 aromatic heterocycles. The summed E-state index contributed by atoms with van der Waals surface area (Å²) in [7, 11) is 0. The third kappa shape index (κ3) is 8.67. The van der Waals surface area contributed by atoms with Gasteiger partial charge in [-0.15, -0.1) is 0 Å². The molecule has 0 bridgehead atoms. The second-order valence-electron chi connectivity index (χ2n) is 12.2. The van der Waals surface area contributed by atoms with Gasteiger partial charge in [-0.05, 0) is 75.8 Å². The van der Waals surface area contributed by atoms with Crippen molar-refractivity contribution in [1.29, 1.82) is 0 Å². The van der Waals surface area contributed by atoms with E-state index in [-0.39, 0.29) is 11.5 Å². The average Bonchev–Trinajstić information content (AvgIpc) is 3.75. The fourth-order valence-corrected chi connectivity index (χ4v) is 5.67. The molecular weight excluding hydrogens is 506 g/mol. The van der Waals surface area contributed by atoms with Crippen LogP contribution >= 0.6 is 0 Å². The van der Waals surface area contributed by atoms with Crippen molar-refractivity contribution in [3.63, 3.8) is 0 Å². The maximum Gasteiger partial charge on any atom is 0.229 e. The molecule has 1 aliphatic heterocycles. The zero-order valence-corrected chi connectivity index (χ0v) is 25.7. The molecule has 220 valence electrons. The maximum atomic E-state index is 13.4. The summed E-state index contributed by atoms with van der Waals surface area (Å²) < 4.78 is 6.10. The molecule has 1 heterocycles. The molecule has 1 fully saturated rings. The number of carbonyl (C=O) groups excluding carboxylic acids is 1. The summed E-state index contributed by atoms with van der Waals surface area (Å²) in [5.74, 6) is 1.23. The summed E-state index contributed by atoms with van der Waals surface area (Å²) in [6.07, 6.45) is 2.91. The number of carbonyl (C=O) groups is 1. The highest BCUT2D eigenvalue weighted by Crippen LogP contribution is 2.48. The van der Waals surface area contributed by atoms with Crippen molar-refractivity contribution < 1.29 is 9.53 Å². The zero-order chi connectivity index (χ0) is 29.2. The van der Waals surface area contributed by atoms with Gasteiger partial charge in [0.05, 0.1) is 6.04 Å². The molecule has 0 radical (unpaired) electrons. The number of nitrogens with zero attached hydrogens (tertiary/aromatic N) is 2. The predicted molar refractivity (Wildman–Crippen MR) is 169 cm³/mol. The molecular formula is C36H49N3O2. The molecule has 1 unspecified atom stereocenters. The minimum absolute atomic E-state index is 0.0680. The Balaban J connectivity index is 0.000000572. The number of nitrogens with one attached hydrogen (secondary N) is 1. The van der Waals surface area contributed by atoms with Gasteiger partial charge in [0.2, 0.25) is 5.91 Å². The lowest BCUT2D eigenvalue weighted by molar-refractivity contribution is -0.139. The van der Waals surface area contributed by atoms with Crippen LogP contribution in [0.15, 0.2) is 84.9 Å². The van der Waals surface area contributed by atoms with Crippen LogP contribution in [-0.4, -0.2) is 54.0 Å². The van der Waals surface area contributed by atoms with Crippen LogP contribution in [0, 0.1) is 5.41 Å². The molecule has 0 spiro atoms. The van der Waals surface area contributed by atoms with Gasteiger partial charge in [0, 0.05) is 43.7 Å². The third-order valence-electron chi connectivity index (χ3n) is 8.37. The Labute approximate surface area is 247 Å². The average molecular weight is 556 g/mol. The molecule has 0 saturated heterocycles. The molecule has 41 heavy (non-hydrogen) atoms. The standard InChI is InChI=1S/C30H43N3O2.C6H6/c1-22(2)32(23(3)4)18-16-31-20-28-27-12-11-26(35-21-24-9-7-6-8-10-24)19-25(27)13-17-33(28)29(34)30(5)14-15-30;1-2-4-6-5-3-1/h6-12,19,22-23,28,31H,13-18,20-21H2,1-5H3;1-6H. The molecule has 1 amide bonds. The number of benzene rings is 3. The van der Waals surface area contributed by atoms with E-state index in [2.05, 4.69) is 80.1 Å². The monoisotopic (exact) mass is 555 g/mol. The molecule has 5 heteroatoms. The van der Waals surface area contributed by atoms with Crippen LogP contribution in [0.1, 0.15) is 70.2 Å². The first-order chi connectivity index (χ1) is 19.8. The highest BCUT2D eigenvalue weighted by atomic mass is 16.5. The van der Waals surface area contributed by atoms with Crippen molar-refractivity contribution in [1.82, 2.24) is 15.1 Å². The second kappa shape index (κ2) is 14.7. The zero-order valence-electron chi connectivity index (χ0n) is 25.7. The molecule has 3 aromatic carbocycles. The summed E-state index contributed by atoms with van der Waals surface area (Å²) in [5, 5.41) is 3.69. The Hall–Kier alpha value is -3.15. The molecule has 1 aliphatic carbocycles. The molecule has 1 atom stereocenters. The summed E-state index contributed by atoms with van der Waals surface area (Å²) in [4.78, 5) is 18.1. The number of hydrogen-bond acceptors (Lipinski definition) is 4. The first kappa shape index (κ1) is 30.8. The molecule has 5 nitrogen and oxygen atoms in total. The minimum Gasteiger partial charge on any atom is -0.489 e. The minimum atomic E-state index is -0.152. The van der Waals surface area contributed by atoms with Crippen molar-refractivity contribution in [3.8, 4) is 5.75 Å². The van der Waals surface area contributed by atoms with E-state index in [0.29, 0.717) is 24.6 Å². The number of hydrogen-bond donors (Lipinski definition) is 1. The van der Waals surface area contributed by atoms with Crippen molar-refractivity contribution in [2.75, 3.05) is 26.2 Å². The van der Waals surface area contributed by atoms with E-state index in [1.165, 1.54) is 16.7 Å². The highest BCUT2D eigenvalue weighted by Gasteiger charge is 2.49. The molecule has 1 saturated carbocycles. The fourth-order valence-electron chi connectivity index (χ4n) is 5.67. The van der Waals surface area contributed by atoms with Crippen LogP contribution in [0.25, 0.3) is 0 Å². The van der Waals surface area contributed by atoms with E-state index in [4.69, 9.17) is 4.74 Å². The van der Waals surface area contributed by atoms with E-state index in [1.807, 2.05) is 54.6 Å². The summed E-state index contributed by atoms with van der Waals surface area (Å²) in [6.45, 7) is 15.2. The number of fused-ring (bicyclic) bond motifs is 1. The van der Waals surface area contributed by atoms with Gasteiger partial charge in [0.25, 0.3) is 0 Å². The topological polar surface area (TPSA) is 44.8 Å². The largest absolute Gasteiger partial charge is 0.489 e. The lowest BCUT2D eigenvalue weighted by atomic mass is 9.90. The van der Waals surface area contributed by atoms with Gasteiger partial charge in [-0.1, -0.05) is 79.7 Å². The third-order valence-corrected chi connectivity index (χ3v) is 8.37. The van der Waals surface area contributed by atoms with Gasteiger partial charge < -0.3 is 15.0 Å². The summed E-state index contributed by atoms with van der Waals surface area (Å²) in [5.41, 5.74) is 3.58. The number of rotatable bonds is 11. The van der Waals surface area contributed by atoms with Crippen LogP contribution in [0.3, 0.4) is 0 Å². The van der Waals surface area contributed by atoms with Crippen molar-refractivity contribution in [2.45, 2.75) is 78.6 Å². The van der Waals surface area contributed by atoms with Crippen LogP contribution in [-0.2, 0) is 17.8 Å². The molecule has 5 rings (SSSR count). The maximum absolute atomic E-state index is 13.4. The Morgan fingerprint density at radius 2 is 1.56 bits per heavy atom. The van der Waals surface area contributed by atoms with Gasteiger partial charge in [0.1, 0.15) is 12.4 Å². The molecule has 2 aliphatic rings. The smallest absolute Gasteiger partial charge is 0.229 e. The van der Waals surface area contributed by atoms with Gasteiger partial charge in [0.15, 0.2) is 0 Å². The second-order valence-corrected chi connectivity index (χ2v) is 12.2. The summed E-state index contributed by atoms with van der Waals surface area (Å²) >= 11 is 0. The Morgan fingerprint density at radius 1 is 0.951 bits per heavy atom. The number of ether oxygens (including phenoxy) is 1. The van der Waals surface area contributed by atoms with E-state index >= 15 is 0 Å². The Kier molecular flexibility index (Phi) is 11.0. The van der Waals surface area contributed by atoms with Crippen LogP contribution in [0.5, 0.6) is 5.75 Å². The SMILES string of the molecule is CC(C)N(CCNCC1c2ccc(OCc3ccccc3)cc2CCN1C(=O)C1(C)CC1)C(C)C.c1ccccc1. The Morgan fingerprint density at radius 3 is 2.15 bits per heavy atom. The van der Waals surface area contributed by atoms with E-state index < -0.39 is 0 Å². The highest BCUT2D eigenvalue weighted by molar-refractivity contribution is 5.85. The van der Waals surface area contributed by atoms with E-state index in [9.17, 15) is 4.79 Å². The van der Waals surface area contributed by atoms with Gasteiger partial charge in [-0.2, -0.15) is 0 Å². The lowest BCUT2D eigenvalue weighted by Gasteiger charge is -2.39. The van der Waals surface area contributed by atoms with Crippen molar-refractivity contribution >= 4 is 5.91 Å².